The quantitative estimate of drug-likeness (QED) is 0.413. The summed E-state index contributed by atoms with van der Waals surface area (Å²) in [7, 11) is 4.01. The molecule has 1 rings (SSSR count). The largest absolute Gasteiger partial charge is 0.365 e. The summed E-state index contributed by atoms with van der Waals surface area (Å²) in [6.07, 6.45) is 0.963. The lowest BCUT2D eigenvalue weighted by atomic mass is 10.1. The van der Waals surface area contributed by atoms with Crippen molar-refractivity contribution in [2.45, 2.75) is 18.7 Å². The zero-order valence-corrected chi connectivity index (χ0v) is 13.9. The number of nitrogens with zero attached hydrogens (tertiary/aromatic N) is 3. The number of nitro benzene ring substituents is 1. The van der Waals surface area contributed by atoms with Crippen LogP contribution in [-0.4, -0.2) is 43.6 Å². The van der Waals surface area contributed by atoms with Crippen molar-refractivity contribution < 1.29 is 4.92 Å². The zero-order chi connectivity index (χ0) is 15.1. The second-order valence-corrected chi connectivity index (χ2v) is 5.56. The van der Waals surface area contributed by atoms with E-state index < -0.39 is 0 Å². The van der Waals surface area contributed by atoms with Crippen LogP contribution in [-0.2, 0) is 5.33 Å². The highest BCUT2D eigenvalue weighted by atomic mass is 79.9. The molecule has 0 bridgehead atoms. The molecule has 6 heteroatoms. The summed E-state index contributed by atoms with van der Waals surface area (Å²) in [4.78, 5) is 15.2. The highest BCUT2D eigenvalue weighted by Gasteiger charge is 2.19. The topological polar surface area (TPSA) is 49.6 Å². The van der Waals surface area contributed by atoms with Gasteiger partial charge in [0, 0.05) is 31.0 Å². The molecule has 1 aromatic rings. The molecule has 0 aliphatic carbocycles. The Balaban J connectivity index is 3.07. The van der Waals surface area contributed by atoms with E-state index in [1.165, 1.54) is 0 Å². The lowest BCUT2D eigenvalue weighted by Crippen LogP contribution is -2.32. The van der Waals surface area contributed by atoms with Crippen LogP contribution in [0.1, 0.15) is 18.9 Å². The summed E-state index contributed by atoms with van der Waals surface area (Å²) in [6, 6.07) is 5.46. The average molecular weight is 344 g/mol. The number of alkyl halides is 1. The van der Waals surface area contributed by atoms with Gasteiger partial charge >= 0.3 is 0 Å². The molecule has 112 valence electrons. The van der Waals surface area contributed by atoms with Crippen LogP contribution in [0, 0.1) is 10.1 Å². The fourth-order valence-electron chi connectivity index (χ4n) is 2.01. The van der Waals surface area contributed by atoms with Gasteiger partial charge in [-0.2, -0.15) is 0 Å². The summed E-state index contributed by atoms with van der Waals surface area (Å²) in [5.41, 5.74) is 1.82. The molecule has 0 atom stereocenters. The van der Waals surface area contributed by atoms with Gasteiger partial charge in [0.2, 0.25) is 0 Å². The fraction of sp³-hybridized carbons (Fsp3) is 0.571. The van der Waals surface area contributed by atoms with Gasteiger partial charge in [-0.1, -0.05) is 28.9 Å². The minimum Gasteiger partial charge on any atom is -0.365 e. The van der Waals surface area contributed by atoms with Gasteiger partial charge in [0.05, 0.1) is 4.92 Å². The number of hydrogen-bond acceptors (Lipinski definition) is 4. The molecule has 0 amide bonds. The van der Waals surface area contributed by atoms with Crippen molar-refractivity contribution in [1.29, 1.82) is 0 Å². The first-order chi connectivity index (χ1) is 9.49. The van der Waals surface area contributed by atoms with Gasteiger partial charge in [-0.15, -0.1) is 0 Å². The molecule has 0 N–H and O–H groups in total. The Morgan fingerprint density at radius 2 is 1.95 bits per heavy atom. The first-order valence-electron chi connectivity index (χ1n) is 6.72. The summed E-state index contributed by atoms with van der Waals surface area (Å²) >= 11 is 3.34. The maximum atomic E-state index is 11.3. The molecule has 0 unspecified atom stereocenters. The van der Waals surface area contributed by atoms with Gasteiger partial charge in [0.25, 0.3) is 5.69 Å². The highest BCUT2D eigenvalue weighted by Crippen LogP contribution is 2.30. The third-order valence-corrected chi connectivity index (χ3v) is 3.69. The predicted molar refractivity (Wildman–Crippen MR) is 86.8 cm³/mol. The number of anilines is 1. The van der Waals surface area contributed by atoms with Crippen LogP contribution in [0.15, 0.2) is 18.2 Å². The monoisotopic (exact) mass is 343 g/mol. The van der Waals surface area contributed by atoms with Crippen molar-refractivity contribution in [3.8, 4) is 0 Å². The molecule has 0 fully saturated rings. The molecular weight excluding hydrogens is 322 g/mol. The van der Waals surface area contributed by atoms with Crippen molar-refractivity contribution in [2.75, 3.05) is 38.6 Å². The Morgan fingerprint density at radius 1 is 1.25 bits per heavy atom. The van der Waals surface area contributed by atoms with Crippen molar-refractivity contribution in [1.82, 2.24) is 4.90 Å². The van der Waals surface area contributed by atoms with Crippen molar-refractivity contribution in [3.63, 3.8) is 0 Å². The number of nitro groups is 1. The van der Waals surface area contributed by atoms with Crippen LogP contribution in [0.25, 0.3) is 0 Å². The standard InChI is InChI=1S/C14H22BrN3O2/c1-4-7-17(9-8-16(2)3)13-6-5-12(11-15)10-14(13)18(19)20/h5-6,10H,4,7-9,11H2,1-3H3. The van der Waals surface area contributed by atoms with Crippen LogP contribution in [0.3, 0.4) is 0 Å². The van der Waals surface area contributed by atoms with Crippen LogP contribution >= 0.6 is 15.9 Å². The Kier molecular flexibility index (Phi) is 6.95. The normalized spacial score (nSPS) is 10.8. The first-order valence-corrected chi connectivity index (χ1v) is 7.84. The highest BCUT2D eigenvalue weighted by molar-refractivity contribution is 9.08. The predicted octanol–water partition coefficient (Wildman–Crippen LogP) is 3.27. The van der Waals surface area contributed by atoms with E-state index in [2.05, 4.69) is 32.7 Å². The number of rotatable bonds is 8. The molecule has 0 spiro atoms. The minimum absolute atomic E-state index is 0.189. The van der Waals surface area contributed by atoms with Crippen LogP contribution < -0.4 is 4.90 Å². The second-order valence-electron chi connectivity index (χ2n) is 5.00. The molecule has 20 heavy (non-hydrogen) atoms. The van der Waals surface area contributed by atoms with Crippen molar-refractivity contribution in [3.05, 3.63) is 33.9 Å². The SMILES string of the molecule is CCCN(CCN(C)C)c1ccc(CBr)cc1[N+](=O)[O-]. The van der Waals surface area contributed by atoms with Gasteiger partial charge < -0.3 is 9.80 Å². The molecule has 1 aromatic carbocycles. The molecule has 0 saturated heterocycles. The average Bonchev–Trinajstić information content (AvgIpc) is 2.42. The minimum atomic E-state index is -0.292. The van der Waals surface area contributed by atoms with E-state index in [4.69, 9.17) is 0 Å². The number of likely N-dealkylation sites (N-methyl/N-ethyl adjacent to an activating group) is 1. The number of benzene rings is 1. The van der Waals surface area contributed by atoms with Gasteiger partial charge in [-0.05, 0) is 32.1 Å². The van der Waals surface area contributed by atoms with E-state index in [0.29, 0.717) is 11.0 Å². The molecule has 0 heterocycles. The van der Waals surface area contributed by atoms with E-state index in [9.17, 15) is 10.1 Å². The van der Waals surface area contributed by atoms with Gasteiger partial charge in [-0.25, -0.2) is 0 Å². The Labute approximate surface area is 128 Å². The lowest BCUT2D eigenvalue weighted by Gasteiger charge is -2.25. The molecule has 0 radical (unpaired) electrons. The molecule has 5 nitrogen and oxygen atoms in total. The molecular formula is C14H22BrN3O2. The van der Waals surface area contributed by atoms with Crippen LogP contribution in [0.2, 0.25) is 0 Å². The van der Waals surface area contributed by atoms with Crippen LogP contribution in [0.5, 0.6) is 0 Å². The summed E-state index contributed by atoms with van der Waals surface area (Å²) in [5, 5.41) is 11.9. The smallest absolute Gasteiger partial charge is 0.292 e. The zero-order valence-electron chi connectivity index (χ0n) is 12.3. The van der Waals surface area contributed by atoms with Crippen molar-refractivity contribution >= 4 is 27.3 Å². The maximum Gasteiger partial charge on any atom is 0.292 e. The third-order valence-electron chi connectivity index (χ3n) is 3.04. The van der Waals surface area contributed by atoms with Gasteiger partial charge in [0.1, 0.15) is 5.69 Å². The third kappa shape index (κ3) is 4.76. The Hall–Kier alpha value is -1.14. The van der Waals surface area contributed by atoms with E-state index in [1.807, 2.05) is 26.2 Å². The van der Waals surface area contributed by atoms with Gasteiger partial charge in [0.15, 0.2) is 0 Å². The van der Waals surface area contributed by atoms with E-state index in [1.54, 1.807) is 6.07 Å². The molecule has 0 saturated carbocycles. The lowest BCUT2D eigenvalue weighted by molar-refractivity contribution is -0.384. The number of hydrogen-bond donors (Lipinski definition) is 0. The van der Waals surface area contributed by atoms with Gasteiger partial charge in [-0.3, -0.25) is 10.1 Å². The molecule has 0 aliphatic heterocycles. The maximum absolute atomic E-state index is 11.3. The fourth-order valence-corrected chi connectivity index (χ4v) is 2.36. The molecule has 0 aromatic heterocycles. The van der Waals surface area contributed by atoms with Crippen molar-refractivity contribution in [2.24, 2.45) is 0 Å². The van der Waals surface area contributed by atoms with E-state index in [0.717, 1.165) is 31.6 Å². The summed E-state index contributed by atoms with van der Waals surface area (Å²) in [5.74, 6) is 0. The second kappa shape index (κ2) is 8.21. The first kappa shape index (κ1) is 16.9. The Bertz CT molecular complexity index is 452. The summed E-state index contributed by atoms with van der Waals surface area (Å²) in [6.45, 7) is 4.57. The Morgan fingerprint density at radius 3 is 2.45 bits per heavy atom. The molecule has 0 aliphatic rings. The van der Waals surface area contributed by atoms with E-state index >= 15 is 0 Å². The summed E-state index contributed by atoms with van der Waals surface area (Å²) < 4.78 is 0. The van der Waals surface area contributed by atoms with Crippen LogP contribution in [0.4, 0.5) is 11.4 Å². The van der Waals surface area contributed by atoms with E-state index in [-0.39, 0.29) is 10.6 Å². The number of halogens is 1.